The zero-order valence-electron chi connectivity index (χ0n) is 9.58. The molecule has 1 aromatic rings. The van der Waals surface area contributed by atoms with Gasteiger partial charge in [-0.15, -0.1) is 0 Å². The van der Waals surface area contributed by atoms with Gasteiger partial charge in [0.2, 0.25) is 0 Å². The molecule has 0 fully saturated rings. The fourth-order valence-corrected chi connectivity index (χ4v) is 4.91. The molecular weight excluding hydrogens is 296 g/mol. The van der Waals surface area contributed by atoms with Gasteiger partial charge in [-0.2, -0.15) is 9.83 Å². The van der Waals surface area contributed by atoms with E-state index in [4.69, 9.17) is 0 Å². The van der Waals surface area contributed by atoms with Crippen LogP contribution in [0.5, 0.6) is 0 Å². The Hall–Kier alpha value is -0.530. The number of fused-ring (bicyclic) bond motifs is 3. The van der Waals surface area contributed by atoms with E-state index in [-0.39, 0.29) is 0 Å². The molecule has 0 radical (unpaired) electrons. The van der Waals surface area contributed by atoms with Crippen LogP contribution in [-0.4, -0.2) is 11.1 Å². The van der Waals surface area contributed by atoms with E-state index in [1.54, 1.807) is 0 Å². The fraction of sp³-hybridized carbons (Fsp3) is 0.538. The van der Waals surface area contributed by atoms with Gasteiger partial charge in [0.1, 0.15) is 11.6 Å². The van der Waals surface area contributed by atoms with Gasteiger partial charge in [-0.25, -0.2) is 0 Å². The summed E-state index contributed by atoms with van der Waals surface area (Å²) in [6.07, 6.45) is 4.88. The molecule has 0 aromatic carbocycles. The van der Waals surface area contributed by atoms with E-state index in [1.165, 1.54) is 35.5 Å². The molecule has 1 atom stereocenters. The standard InChI is InChI=1S/C13H14BrN2S/c14-6-11-8-17-13-10(7-15)5-9-3-1-2-4-12(9)16(11)13/h5,11H,1-4,6,8H2/q+1. The summed E-state index contributed by atoms with van der Waals surface area (Å²) in [5.74, 6) is 1.09. The molecule has 1 unspecified atom stereocenters. The minimum absolute atomic E-state index is 0.523. The summed E-state index contributed by atoms with van der Waals surface area (Å²) >= 11 is 5.44. The molecule has 0 saturated heterocycles. The van der Waals surface area contributed by atoms with Crippen molar-refractivity contribution in [3.63, 3.8) is 0 Å². The van der Waals surface area contributed by atoms with Crippen LogP contribution in [0.2, 0.25) is 0 Å². The van der Waals surface area contributed by atoms with Crippen molar-refractivity contribution in [3.8, 4) is 6.07 Å². The van der Waals surface area contributed by atoms with E-state index in [0.717, 1.165) is 23.1 Å². The largest absolute Gasteiger partial charge is 0.258 e. The molecule has 1 aliphatic carbocycles. The van der Waals surface area contributed by atoms with E-state index < -0.39 is 0 Å². The van der Waals surface area contributed by atoms with Crippen molar-refractivity contribution in [3.05, 3.63) is 22.9 Å². The molecule has 17 heavy (non-hydrogen) atoms. The number of nitrogens with zero attached hydrogens (tertiary/aromatic N) is 2. The van der Waals surface area contributed by atoms with E-state index >= 15 is 0 Å². The Morgan fingerprint density at radius 3 is 3.06 bits per heavy atom. The van der Waals surface area contributed by atoms with Gasteiger partial charge in [-0.3, -0.25) is 0 Å². The summed E-state index contributed by atoms with van der Waals surface area (Å²) in [5, 5.41) is 11.5. The van der Waals surface area contributed by atoms with Gasteiger partial charge in [0.25, 0.3) is 5.03 Å². The van der Waals surface area contributed by atoms with Crippen molar-refractivity contribution in [2.75, 3.05) is 11.1 Å². The maximum absolute atomic E-state index is 9.27. The van der Waals surface area contributed by atoms with Gasteiger partial charge in [0.15, 0.2) is 11.7 Å². The number of hydrogen-bond acceptors (Lipinski definition) is 2. The van der Waals surface area contributed by atoms with E-state index in [0.29, 0.717) is 6.04 Å². The topological polar surface area (TPSA) is 27.7 Å². The van der Waals surface area contributed by atoms with Crippen molar-refractivity contribution in [1.82, 2.24) is 0 Å². The molecule has 88 valence electrons. The smallest absolute Gasteiger partial charge is 0.192 e. The lowest BCUT2D eigenvalue weighted by atomic mass is 9.94. The Balaban J connectivity index is 2.23. The van der Waals surface area contributed by atoms with Crippen LogP contribution in [0.3, 0.4) is 0 Å². The molecule has 0 amide bonds. The lowest BCUT2D eigenvalue weighted by Crippen LogP contribution is -2.45. The molecule has 4 heteroatoms. The number of aryl methyl sites for hydroxylation is 1. The fourth-order valence-electron chi connectivity index (χ4n) is 2.81. The molecule has 0 N–H and O–H groups in total. The predicted octanol–water partition coefficient (Wildman–Crippen LogP) is 2.77. The molecule has 3 rings (SSSR count). The highest BCUT2D eigenvalue weighted by atomic mass is 79.9. The van der Waals surface area contributed by atoms with Gasteiger partial charge in [0.05, 0.1) is 11.1 Å². The maximum Gasteiger partial charge on any atom is 0.258 e. The van der Waals surface area contributed by atoms with Crippen molar-refractivity contribution in [2.24, 2.45) is 0 Å². The van der Waals surface area contributed by atoms with E-state index in [9.17, 15) is 5.26 Å². The van der Waals surface area contributed by atoms with Crippen LogP contribution >= 0.6 is 27.7 Å². The predicted molar refractivity (Wildman–Crippen MR) is 71.5 cm³/mol. The second kappa shape index (κ2) is 4.62. The van der Waals surface area contributed by atoms with Crippen molar-refractivity contribution in [1.29, 1.82) is 5.26 Å². The van der Waals surface area contributed by atoms with Gasteiger partial charge >= 0.3 is 0 Å². The third-order valence-electron chi connectivity index (χ3n) is 3.62. The number of pyridine rings is 1. The number of rotatable bonds is 1. The summed E-state index contributed by atoms with van der Waals surface area (Å²) in [5.41, 5.74) is 3.77. The number of aromatic nitrogens is 1. The Morgan fingerprint density at radius 1 is 1.47 bits per heavy atom. The molecule has 1 aromatic heterocycles. The molecule has 0 spiro atoms. The number of thioether (sulfide) groups is 1. The Morgan fingerprint density at radius 2 is 2.29 bits per heavy atom. The van der Waals surface area contributed by atoms with Crippen LogP contribution in [0.15, 0.2) is 11.1 Å². The number of alkyl halides is 1. The normalized spacial score (nSPS) is 21.8. The van der Waals surface area contributed by atoms with Gasteiger partial charge in [-0.05, 0) is 37.1 Å². The number of halogens is 1. The van der Waals surface area contributed by atoms with Crippen LogP contribution in [0.25, 0.3) is 0 Å². The Kier molecular flexibility index (Phi) is 3.14. The summed E-state index contributed by atoms with van der Waals surface area (Å²) in [6.45, 7) is 0. The zero-order chi connectivity index (χ0) is 11.8. The van der Waals surface area contributed by atoms with Crippen LogP contribution in [0.4, 0.5) is 0 Å². The quantitative estimate of drug-likeness (QED) is 0.589. The minimum atomic E-state index is 0.523. The summed E-state index contributed by atoms with van der Waals surface area (Å²) in [7, 11) is 0. The van der Waals surface area contributed by atoms with Crippen LogP contribution in [0.1, 0.15) is 35.7 Å². The Bertz CT molecular complexity index is 507. The zero-order valence-corrected chi connectivity index (χ0v) is 12.0. The second-order valence-electron chi connectivity index (χ2n) is 4.64. The highest BCUT2D eigenvalue weighted by molar-refractivity contribution is 9.09. The first-order valence-electron chi connectivity index (χ1n) is 6.04. The monoisotopic (exact) mass is 309 g/mol. The average molecular weight is 310 g/mol. The molecule has 2 nitrogen and oxygen atoms in total. The third kappa shape index (κ3) is 1.80. The van der Waals surface area contributed by atoms with Crippen LogP contribution < -0.4 is 4.57 Å². The average Bonchev–Trinajstić information content (AvgIpc) is 2.82. The first kappa shape index (κ1) is 11.6. The molecular formula is C13H14BrN2S+. The van der Waals surface area contributed by atoms with Gasteiger partial charge < -0.3 is 0 Å². The Labute approximate surface area is 114 Å². The van der Waals surface area contributed by atoms with Crippen molar-refractivity contribution >= 4 is 27.7 Å². The molecule has 2 heterocycles. The molecule has 0 bridgehead atoms. The molecule has 0 saturated carbocycles. The number of hydrogen-bond donors (Lipinski definition) is 0. The minimum Gasteiger partial charge on any atom is -0.192 e. The van der Waals surface area contributed by atoms with E-state index in [1.807, 2.05) is 11.8 Å². The van der Waals surface area contributed by atoms with Crippen LogP contribution in [0, 0.1) is 11.3 Å². The lowest BCUT2D eigenvalue weighted by Gasteiger charge is -2.16. The summed E-state index contributed by atoms with van der Waals surface area (Å²) < 4.78 is 2.44. The number of nitriles is 1. The van der Waals surface area contributed by atoms with Crippen LogP contribution in [-0.2, 0) is 12.8 Å². The van der Waals surface area contributed by atoms with E-state index in [2.05, 4.69) is 32.6 Å². The highest BCUT2D eigenvalue weighted by Gasteiger charge is 2.38. The van der Waals surface area contributed by atoms with Crippen molar-refractivity contribution < 1.29 is 4.57 Å². The maximum atomic E-state index is 9.27. The lowest BCUT2D eigenvalue weighted by molar-refractivity contribution is -0.750. The first-order chi connectivity index (χ1) is 8.35. The second-order valence-corrected chi connectivity index (χ2v) is 6.30. The van der Waals surface area contributed by atoms with Gasteiger partial charge in [-0.1, -0.05) is 15.9 Å². The van der Waals surface area contributed by atoms with Gasteiger partial charge in [0, 0.05) is 12.0 Å². The SMILES string of the molecule is N#Cc1cc2c([n+]3c1SCC3CBr)CCCC2. The van der Waals surface area contributed by atoms with Crippen molar-refractivity contribution in [2.45, 2.75) is 36.8 Å². The molecule has 1 aliphatic heterocycles. The summed E-state index contributed by atoms with van der Waals surface area (Å²) in [6, 6.07) is 5.02. The highest BCUT2D eigenvalue weighted by Crippen LogP contribution is 2.33. The summed E-state index contributed by atoms with van der Waals surface area (Å²) in [4.78, 5) is 0. The first-order valence-corrected chi connectivity index (χ1v) is 8.15. The molecule has 2 aliphatic rings. The third-order valence-corrected chi connectivity index (χ3v) is 5.60.